The number of nitrogens with two attached hydrogens (primary N) is 1. The molecule has 0 aliphatic heterocycles. The van der Waals surface area contributed by atoms with E-state index in [1.54, 1.807) is 0 Å². The zero-order valence-corrected chi connectivity index (χ0v) is 13.4. The Morgan fingerprint density at radius 3 is 2.33 bits per heavy atom. The topological polar surface area (TPSA) is 46.3 Å². The third-order valence-corrected chi connectivity index (χ3v) is 5.06. The van der Waals surface area contributed by atoms with Crippen molar-refractivity contribution in [3.63, 3.8) is 0 Å². The molecule has 0 bridgehead atoms. The molecule has 2 N–H and O–H groups in total. The highest BCUT2D eigenvalue weighted by Gasteiger charge is 2.41. The molecule has 0 unspecified atom stereocenters. The SMILES string of the molecule is CCN(Cc1ccccc1CN)C(=O)C1(CC)CCCC1. The molecule has 1 fully saturated rings. The van der Waals surface area contributed by atoms with Crippen molar-refractivity contribution >= 4 is 5.91 Å². The standard InChI is InChI=1S/C18H28N2O/c1-3-18(11-7-8-12-18)17(21)20(4-2)14-16-10-6-5-9-15(16)13-19/h5-6,9-10H,3-4,7-8,11-14,19H2,1-2H3. The molecule has 0 saturated heterocycles. The third kappa shape index (κ3) is 3.29. The van der Waals surface area contributed by atoms with E-state index < -0.39 is 0 Å². The lowest BCUT2D eigenvalue weighted by Gasteiger charge is -2.33. The molecule has 0 heterocycles. The fraction of sp³-hybridized carbons (Fsp3) is 0.611. The molecular weight excluding hydrogens is 260 g/mol. The number of benzene rings is 1. The van der Waals surface area contributed by atoms with Gasteiger partial charge in [-0.2, -0.15) is 0 Å². The smallest absolute Gasteiger partial charge is 0.229 e. The molecule has 1 aromatic rings. The van der Waals surface area contributed by atoms with Gasteiger partial charge < -0.3 is 10.6 Å². The maximum absolute atomic E-state index is 13.0. The third-order valence-electron chi connectivity index (χ3n) is 5.06. The van der Waals surface area contributed by atoms with Gasteiger partial charge in [0.25, 0.3) is 0 Å². The van der Waals surface area contributed by atoms with E-state index >= 15 is 0 Å². The second-order valence-electron chi connectivity index (χ2n) is 6.13. The van der Waals surface area contributed by atoms with Crippen LogP contribution in [0.1, 0.15) is 57.1 Å². The molecule has 116 valence electrons. The number of carbonyl (C=O) groups is 1. The highest BCUT2D eigenvalue weighted by Crippen LogP contribution is 2.42. The minimum atomic E-state index is -0.104. The van der Waals surface area contributed by atoms with Crippen LogP contribution in [0.4, 0.5) is 0 Å². The maximum atomic E-state index is 13.0. The van der Waals surface area contributed by atoms with Crippen LogP contribution in [-0.4, -0.2) is 17.4 Å². The largest absolute Gasteiger partial charge is 0.338 e. The molecule has 3 heteroatoms. The number of carbonyl (C=O) groups excluding carboxylic acids is 1. The molecule has 21 heavy (non-hydrogen) atoms. The Morgan fingerprint density at radius 2 is 1.81 bits per heavy atom. The Morgan fingerprint density at radius 1 is 1.19 bits per heavy atom. The normalized spacial score (nSPS) is 16.9. The summed E-state index contributed by atoms with van der Waals surface area (Å²) in [5.74, 6) is 0.344. The first-order valence-electron chi connectivity index (χ1n) is 8.23. The first-order valence-corrected chi connectivity index (χ1v) is 8.23. The number of amides is 1. The Hall–Kier alpha value is -1.35. The Labute approximate surface area is 128 Å². The van der Waals surface area contributed by atoms with Crippen molar-refractivity contribution in [1.29, 1.82) is 0 Å². The van der Waals surface area contributed by atoms with E-state index in [1.807, 2.05) is 17.0 Å². The molecule has 1 amide bonds. The van der Waals surface area contributed by atoms with Gasteiger partial charge in [-0.3, -0.25) is 4.79 Å². The van der Waals surface area contributed by atoms with Crippen molar-refractivity contribution < 1.29 is 4.79 Å². The summed E-state index contributed by atoms with van der Waals surface area (Å²) in [5.41, 5.74) is 8.03. The number of hydrogen-bond acceptors (Lipinski definition) is 2. The van der Waals surface area contributed by atoms with Crippen LogP contribution in [0.3, 0.4) is 0 Å². The Bertz CT molecular complexity index is 478. The minimum Gasteiger partial charge on any atom is -0.338 e. The fourth-order valence-electron chi connectivity index (χ4n) is 3.55. The lowest BCUT2D eigenvalue weighted by Crippen LogP contribution is -2.42. The highest BCUT2D eigenvalue weighted by molar-refractivity contribution is 5.83. The van der Waals surface area contributed by atoms with Gasteiger partial charge in [0.1, 0.15) is 0 Å². The van der Waals surface area contributed by atoms with E-state index in [0.29, 0.717) is 19.0 Å². The summed E-state index contributed by atoms with van der Waals surface area (Å²) in [4.78, 5) is 15.0. The van der Waals surface area contributed by atoms with Gasteiger partial charge in [0, 0.05) is 25.0 Å². The molecule has 0 spiro atoms. The monoisotopic (exact) mass is 288 g/mol. The molecule has 2 rings (SSSR count). The van der Waals surface area contributed by atoms with Gasteiger partial charge in [-0.05, 0) is 37.3 Å². The molecule has 3 nitrogen and oxygen atoms in total. The van der Waals surface area contributed by atoms with Crippen LogP contribution in [0.2, 0.25) is 0 Å². The summed E-state index contributed by atoms with van der Waals surface area (Å²) < 4.78 is 0. The molecule has 1 aromatic carbocycles. The van der Waals surface area contributed by atoms with Crippen LogP contribution >= 0.6 is 0 Å². The molecule has 0 atom stereocenters. The summed E-state index contributed by atoms with van der Waals surface area (Å²) >= 11 is 0. The van der Waals surface area contributed by atoms with Gasteiger partial charge in [-0.15, -0.1) is 0 Å². The van der Waals surface area contributed by atoms with Crippen molar-refractivity contribution in [3.8, 4) is 0 Å². The summed E-state index contributed by atoms with van der Waals surface area (Å²) in [5, 5.41) is 0. The first kappa shape index (κ1) is 16.0. The molecule has 0 radical (unpaired) electrons. The van der Waals surface area contributed by atoms with E-state index in [-0.39, 0.29) is 5.41 Å². The molecule has 1 aliphatic rings. The average molecular weight is 288 g/mol. The van der Waals surface area contributed by atoms with Gasteiger partial charge in [-0.25, -0.2) is 0 Å². The van der Waals surface area contributed by atoms with Crippen molar-refractivity contribution in [3.05, 3.63) is 35.4 Å². The quantitative estimate of drug-likeness (QED) is 0.871. The summed E-state index contributed by atoms with van der Waals surface area (Å²) in [7, 11) is 0. The number of hydrogen-bond donors (Lipinski definition) is 1. The predicted octanol–water partition coefficient (Wildman–Crippen LogP) is 3.46. The van der Waals surface area contributed by atoms with E-state index in [9.17, 15) is 4.79 Å². The van der Waals surface area contributed by atoms with Crippen molar-refractivity contribution in [2.24, 2.45) is 11.1 Å². The van der Waals surface area contributed by atoms with E-state index in [1.165, 1.54) is 18.4 Å². The van der Waals surface area contributed by atoms with Gasteiger partial charge in [0.05, 0.1) is 0 Å². The van der Waals surface area contributed by atoms with E-state index in [4.69, 9.17) is 5.73 Å². The summed E-state index contributed by atoms with van der Waals surface area (Å²) in [6.45, 7) is 6.21. The highest BCUT2D eigenvalue weighted by atomic mass is 16.2. The van der Waals surface area contributed by atoms with Gasteiger partial charge in [0.2, 0.25) is 5.91 Å². The second kappa shape index (κ2) is 7.08. The van der Waals surface area contributed by atoms with Crippen LogP contribution in [0, 0.1) is 5.41 Å². The zero-order chi connectivity index (χ0) is 15.3. The molecule has 0 aromatic heterocycles. The van der Waals surface area contributed by atoms with Gasteiger partial charge in [0.15, 0.2) is 0 Å². The van der Waals surface area contributed by atoms with Crippen LogP contribution in [0.15, 0.2) is 24.3 Å². The predicted molar refractivity (Wildman–Crippen MR) is 86.6 cm³/mol. The van der Waals surface area contributed by atoms with Crippen LogP contribution in [-0.2, 0) is 17.9 Å². The van der Waals surface area contributed by atoms with Crippen LogP contribution in [0.25, 0.3) is 0 Å². The zero-order valence-electron chi connectivity index (χ0n) is 13.4. The summed E-state index contributed by atoms with van der Waals surface area (Å²) in [6, 6.07) is 8.18. The van der Waals surface area contributed by atoms with Gasteiger partial charge >= 0.3 is 0 Å². The maximum Gasteiger partial charge on any atom is 0.229 e. The fourth-order valence-corrected chi connectivity index (χ4v) is 3.55. The lowest BCUT2D eigenvalue weighted by atomic mass is 9.81. The van der Waals surface area contributed by atoms with Crippen LogP contribution in [0.5, 0.6) is 0 Å². The number of rotatable bonds is 6. The lowest BCUT2D eigenvalue weighted by molar-refractivity contribution is -0.142. The van der Waals surface area contributed by atoms with E-state index in [2.05, 4.69) is 26.0 Å². The molecule has 1 aliphatic carbocycles. The number of nitrogens with zero attached hydrogens (tertiary/aromatic N) is 1. The van der Waals surface area contributed by atoms with Crippen molar-refractivity contribution in [2.45, 2.75) is 59.0 Å². The van der Waals surface area contributed by atoms with E-state index in [0.717, 1.165) is 31.4 Å². The Kier molecular flexibility index (Phi) is 5.40. The Balaban J connectivity index is 2.17. The van der Waals surface area contributed by atoms with Gasteiger partial charge in [-0.1, -0.05) is 44.0 Å². The van der Waals surface area contributed by atoms with Crippen molar-refractivity contribution in [2.75, 3.05) is 6.54 Å². The first-order chi connectivity index (χ1) is 10.2. The average Bonchev–Trinajstić information content (AvgIpc) is 3.02. The summed E-state index contributed by atoms with van der Waals surface area (Å²) in [6.07, 6.45) is 5.45. The second-order valence-corrected chi connectivity index (χ2v) is 6.13. The van der Waals surface area contributed by atoms with Crippen LogP contribution < -0.4 is 5.73 Å². The van der Waals surface area contributed by atoms with Crippen molar-refractivity contribution in [1.82, 2.24) is 4.90 Å². The minimum absolute atomic E-state index is 0.104. The molecule has 1 saturated carbocycles. The molecular formula is C18H28N2O.